The van der Waals surface area contributed by atoms with Crippen LogP contribution in [0, 0.1) is 34.4 Å². The van der Waals surface area contributed by atoms with Crippen molar-refractivity contribution in [1.82, 2.24) is 4.98 Å². The molecule has 0 aliphatic heterocycles. The second-order valence-electron chi connectivity index (χ2n) is 7.16. The van der Waals surface area contributed by atoms with E-state index in [9.17, 15) is 14.4 Å². The van der Waals surface area contributed by atoms with Crippen molar-refractivity contribution in [3.8, 4) is 17.7 Å². The second kappa shape index (κ2) is 8.64. The topological polar surface area (TPSA) is 72.2 Å². The quantitative estimate of drug-likeness (QED) is 0.432. The number of nitriles is 1. The lowest BCUT2D eigenvalue weighted by Gasteiger charge is -2.13. The molecule has 1 aromatic heterocycles. The minimum atomic E-state index is -1.19. The Labute approximate surface area is 184 Å². The van der Waals surface area contributed by atoms with Crippen LogP contribution >= 0.6 is 31.9 Å². The molecule has 3 atom stereocenters. The van der Waals surface area contributed by atoms with Gasteiger partial charge >= 0.3 is 5.97 Å². The number of pyridine rings is 1. The molecule has 150 valence electrons. The number of carbonyl (C=O) groups is 1. The second-order valence-corrected chi connectivity index (χ2v) is 9.93. The zero-order valence-electron chi connectivity index (χ0n) is 15.6. The lowest BCUT2D eigenvalue weighted by atomic mass is 10.1. The van der Waals surface area contributed by atoms with E-state index in [1.165, 1.54) is 18.2 Å². The van der Waals surface area contributed by atoms with E-state index in [2.05, 4.69) is 36.8 Å². The average Bonchev–Trinajstić information content (AvgIpc) is 3.21. The molecule has 2 aromatic rings. The van der Waals surface area contributed by atoms with Gasteiger partial charge in [-0.15, -0.1) is 0 Å². The first kappa shape index (κ1) is 21.5. The minimum Gasteiger partial charge on any atom is -0.440 e. The summed E-state index contributed by atoms with van der Waals surface area (Å²) in [6.45, 7) is 3.93. The molecule has 0 saturated heterocycles. The Morgan fingerprint density at radius 1 is 1.28 bits per heavy atom. The van der Waals surface area contributed by atoms with Crippen molar-refractivity contribution >= 4 is 37.8 Å². The molecule has 3 rings (SSSR count). The third kappa shape index (κ3) is 4.85. The highest BCUT2D eigenvalue weighted by Crippen LogP contribution is 2.60. The van der Waals surface area contributed by atoms with Gasteiger partial charge < -0.3 is 9.47 Å². The first-order valence-corrected chi connectivity index (χ1v) is 10.3. The molecule has 0 bridgehead atoms. The van der Waals surface area contributed by atoms with E-state index in [-0.39, 0.29) is 34.6 Å². The monoisotopic (exact) mass is 522 g/mol. The fourth-order valence-electron chi connectivity index (χ4n) is 3.19. The number of para-hydroxylation sites is 1. The summed E-state index contributed by atoms with van der Waals surface area (Å²) in [4.78, 5) is 16.8. The van der Waals surface area contributed by atoms with Gasteiger partial charge in [-0.25, -0.2) is 9.37 Å². The molecule has 1 fully saturated rings. The fourth-order valence-corrected chi connectivity index (χ4v) is 3.76. The Morgan fingerprint density at radius 3 is 2.66 bits per heavy atom. The van der Waals surface area contributed by atoms with Crippen molar-refractivity contribution < 1.29 is 18.7 Å². The highest BCUT2D eigenvalue weighted by molar-refractivity contribution is 9.28. The van der Waals surface area contributed by atoms with Crippen molar-refractivity contribution in [1.29, 1.82) is 5.26 Å². The maximum absolute atomic E-state index is 13.8. The fraction of sp³-hybridized carbons (Fsp3) is 0.286. The Bertz CT molecular complexity index is 999. The van der Waals surface area contributed by atoms with Gasteiger partial charge in [0.1, 0.15) is 6.07 Å². The summed E-state index contributed by atoms with van der Waals surface area (Å²) < 4.78 is 25.4. The van der Waals surface area contributed by atoms with Gasteiger partial charge in [0.25, 0.3) is 0 Å². The van der Waals surface area contributed by atoms with Crippen LogP contribution in [-0.4, -0.2) is 11.0 Å². The van der Waals surface area contributed by atoms with E-state index in [1.54, 1.807) is 24.3 Å². The summed E-state index contributed by atoms with van der Waals surface area (Å²) in [6, 6.07) is 12.6. The summed E-state index contributed by atoms with van der Waals surface area (Å²) in [6.07, 6.45) is 0.703. The summed E-state index contributed by atoms with van der Waals surface area (Å²) in [7, 11) is 0. The van der Waals surface area contributed by atoms with Crippen molar-refractivity contribution in [3.63, 3.8) is 0 Å². The van der Waals surface area contributed by atoms with Crippen LogP contribution in [0.4, 0.5) is 4.39 Å². The molecule has 1 aliphatic carbocycles. The molecule has 29 heavy (non-hydrogen) atoms. The zero-order chi connectivity index (χ0) is 21.2. The van der Waals surface area contributed by atoms with Crippen molar-refractivity contribution in [3.05, 3.63) is 63.4 Å². The van der Waals surface area contributed by atoms with E-state index >= 15 is 0 Å². The average molecular weight is 524 g/mol. The van der Waals surface area contributed by atoms with Gasteiger partial charge in [0.15, 0.2) is 11.6 Å². The zero-order valence-corrected chi connectivity index (χ0v) is 18.8. The molecule has 8 heteroatoms. The van der Waals surface area contributed by atoms with Gasteiger partial charge in [0.05, 0.1) is 15.0 Å². The molecule has 0 spiro atoms. The summed E-state index contributed by atoms with van der Waals surface area (Å²) in [5.74, 6) is -1.26. The van der Waals surface area contributed by atoms with Crippen LogP contribution in [0.25, 0.3) is 0 Å². The van der Waals surface area contributed by atoms with Crippen LogP contribution < -0.4 is 4.74 Å². The van der Waals surface area contributed by atoms with E-state index in [4.69, 9.17) is 9.47 Å². The molecule has 0 radical (unpaired) electrons. The standard InChI is InChI=1S/C21H17Br2FN2O3/c1-21(2)12(10-17(22)23)19(21)20(27)29-16(11-25)14-7-5-9-18(26-14)28-15-8-4-3-6-13(15)24/h3-10,12,16,19H,1-2H3/t12-,16?,19-/m0/s1. The van der Waals surface area contributed by atoms with E-state index in [0.717, 1.165) is 3.39 Å². The lowest BCUT2D eigenvalue weighted by Crippen LogP contribution is -2.15. The normalized spacial score (nSPS) is 20.1. The molecular formula is C21H17Br2FN2O3. The van der Waals surface area contributed by atoms with Gasteiger partial charge in [-0.1, -0.05) is 38.1 Å². The van der Waals surface area contributed by atoms with Gasteiger partial charge in [-0.3, -0.25) is 4.79 Å². The van der Waals surface area contributed by atoms with Crippen LogP contribution in [0.5, 0.6) is 11.6 Å². The third-order valence-corrected chi connectivity index (χ3v) is 5.41. The number of ether oxygens (including phenoxy) is 2. The van der Waals surface area contributed by atoms with Gasteiger partial charge in [-0.05, 0) is 61.4 Å². The van der Waals surface area contributed by atoms with Gasteiger partial charge in [0.2, 0.25) is 12.0 Å². The van der Waals surface area contributed by atoms with E-state index in [0.29, 0.717) is 0 Å². The summed E-state index contributed by atoms with van der Waals surface area (Å²) in [5, 5.41) is 9.50. The molecule has 1 unspecified atom stereocenters. The SMILES string of the molecule is CC1(C)[C@H](C(=O)OC(C#N)c2cccc(Oc3ccccc3F)n2)[C@@H]1C=C(Br)Br. The van der Waals surface area contributed by atoms with Crippen LogP contribution in [0.2, 0.25) is 0 Å². The van der Waals surface area contributed by atoms with Crippen LogP contribution in [0.15, 0.2) is 51.9 Å². The molecule has 0 N–H and O–H groups in total. The molecule has 0 amide bonds. The Hall–Kier alpha value is -2.24. The summed E-state index contributed by atoms with van der Waals surface area (Å²) in [5.41, 5.74) is -0.0606. The number of hydrogen-bond donors (Lipinski definition) is 0. The Kier molecular flexibility index (Phi) is 6.39. The van der Waals surface area contributed by atoms with Crippen molar-refractivity contribution in [2.24, 2.45) is 17.3 Å². The van der Waals surface area contributed by atoms with Gasteiger partial charge in [0, 0.05) is 6.07 Å². The van der Waals surface area contributed by atoms with Gasteiger partial charge in [-0.2, -0.15) is 5.26 Å². The number of benzene rings is 1. The van der Waals surface area contributed by atoms with Crippen molar-refractivity contribution in [2.75, 3.05) is 0 Å². The highest BCUT2D eigenvalue weighted by Gasteiger charge is 2.61. The van der Waals surface area contributed by atoms with Crippen LogP contribution in [-0.2, 0) is 9.53 Å². The molecule has 1 aliphatic rings. The minimum absolute atomic E-state index is 0.00762. The highest BCUT2D eigenvalue weighted by atomic mass is 79.9. The first-order chi connectivity index (χ1) is 13.7. The smallest absolute Gasteiger partial charge is 0.311 e. The summed E-state index contributed by atoms with van der Waals surface area (Å²) >= 11 is 6.61. The van der Waals surface area contributed by atoms with Crippen molar-refractivity contribution in [2.45, 2.75) is 20.0 Å². The predicted octanol–water partition coefficient (Wildman–Crippen LogP) is 6.02. The molecule has 1 saturated carbocycles. The molecule has 1 heterocycles. The Morgan fingerprint density at radius 2 is 2.00 bits per heavy atom. The predicted molar refractivity (Wildman–Crippen MR) is 112 cm³/mol. The largest absolute Gasteiger partial charge is 0.440 e. The molecule has 5 nitrogen and oxygen atoms in total. The van der Waals surface area contributed by atoms with Crippen LogP contribution in [0.3, 0.4) is 0 Å². The number of halogens is 3. The third-order valence-electron chi connectivity index (χ3n) is 4.89. The van der Waals surface area contributed by atoms with E-state index in [1.807, 2.05) is 26.0 Å². The maximum Gasteiger partial charge on any atom is 0.311 e. The molecular weight excluding hydrogens is 507 g/mol. The first-order valence-electron chi connectivity index (χ1n) is 8.76. The lowest BCUT2D eigenvalue weighted by molar-refractivity contribution is -0.149. The number of nitrogens with zero attached hydrogens (tertiary/aromatic N) is 2. The Balaban J connectivity index is 1.74. The number of carbonyl (C=O) groups excluding carboxylic acids is 1. The number of allylic oxidation sites excluding steroid dienone is 1. The van der Waals surface area contributed by atoms with E-state index < -0.39 is 17.9 Å². The number of aromatic nitrogens is 1. The number of esters is 1. The van der Waals surface area contributed by atoms with Crippen LogP contribution in [0.1, 0.15) is 25.6 Å². The molecule has 1 aromatic carbocycles. The maximum atomic E-state index is 13.8. The number of rotatable bonds is 6. The number of hydrogen-bond acceptors (Lipinski definition) is 5.